The van der Waals surface area contributed by atoms with Crippen molar-refractivity contribution in [1.82, 2.24) is 12.3 Å². The molecule has 0 spiro atoms. The summed E-state index contributed by atoms with van der Waals surface area (Å²) in [4.78, 5) is 0. The molecule has 5 radical (unpaired) electrons. The molecule has 1 unspecified atom stereocenters. The van der Waals surface area contributed by atoms with Gasteiger partial charge in [-0.05, 0) is 0 Å². The molecule has 0 saturated heterocycles. The molecule has 5 heteroatoms. The van der Waals surface area contributed by atoms with Gasteiger partial charge in [0.25, 0.3) is 0 Å². The lowest BCUT2D eigenvalue weighted by atomic mass is 10.2. The maximum Gasteiger partial charge on any atom is 0.0709 e. The number of hydrogen-bond donors (Lipinski definition) is 2. The zero-order valence-electron chi connectivity index (χ0n) is 3.85. The van der Waals surface area contributed by atoms with E-state index < -0.39 is 0 Å². The minimum absolute atomic E-state index is 0. The third-order valence-electron chi connectivity index (χ3n) is 0. The number of hydrogen-bond acceptors (Lipinski definition) is 2. The largest absolute Gasteiger partial charge is 0.344 e. The van der Waals surface area contributed by atoms with Crippen molar-refractivity contribution >= 4 is 25.5 Å². The SMILES string of the molecule is C.N.N.[B].[B]CP. The molecule has 0 aromatic heterocycles. The van der Waals surface area contributed by atoms with Crippen molar-refractivity contribution in [1.29, 1.82) is 0 Å². The van der Waals surface area contributed by atoms with Crippen LogP contribution in [0.1, 0.15) is 7.43 Å². The van der Waals surface area contributed by atoms with E-state index >= 15 is 0 Å². The van der Waals surface area contributed by atoms with E-state index in [1.165, 1.54) is 0 Å². The van der Waals surface area contributed by atoms with Crippen LogP contribution >= 0.6 is 9.24 Å². The van der Waals surface area contributed by atoms with E-state index in [0.29, 0.717) is 6.06 Å². The van der Waals surface area contributed by atoms with Crippen LogP contribution in [-0.2, 0) is 0 Å². The van der Waals surface area contributed by atoms with Crippen molar-refractivity contribution in [2.24, 2.45) is 0 Å². The van der Waals surface area contributed by atoms with Gasteiger partial charge in [-0.15, -0.1) is 9.24 Å². The Morgan fingerprint density at radius 3 is 1.29 bits per heavy atom. The summed E-state index contributed by atoms with van der Waals surface area (Å²) < 4.78 is 0. The summed E-state index contributed by atoms with van der Waals surface area (Å²) in [5.41, 5.74) is 0. The van der Waals surface area contributed by atoms with Gasteiger partial charge < -0.3 is 12.3 Å². The monoisotopic (exact) mass is 119 g/mol. The Morgan fingerprint density at radius 2 is 1.29 bits per heavy atom. The third-order valence-corrected chi connectivity index (χ3v) is 0. The molecular formula is C2H14B2N2P. The van der Waals surface area contributed by atoms with Gasteiger partial charge in [-0.25, -0.2) is 0 Å². The Hall–Kier alpha value is 0.480. The highest BCUT2D eigenvalue weighted by Gasteiger charge is 1.36. The molecule has 43 valence electrons. The molecule has 1 atom stereocenters. The molecule has 0 fully saturated rings. The lowest BCUT2D eigenvalue weighted by molar-refractivity contribution is 2.13. The fraction of sp³-hybridized carbons (Fsp3) is 1.00. The standard InChI is InChI=1S/CH4BP.CH4.B.2H3N/c2-1-3;;;;/h1,3H2;1H4;;2*1H3. The van der Waals surface area contributed by atoms with Crippen LogP contribution in [0.4, 0.5) is 0 Å². The molecule has 0 rings (SSSR count). The second kappa shape index (κ2) is 88.9. The van der Waals surface area contributed by atoms with Crippen LogP contribution in [0.3, 0.4) is 0 Å². The highest BCUT2D eigenvalue weighted by molar-refractivity contribution is 7.19. The normalized spacial score (nSPS) is 2.43. The van der Waals surface area contributed by atoms with Gasteiger partial charge in [0.05, 0.1) is 7.85 Å². The maximum absolute atomic E-state index is 4.81. The Morgan fingerprint density at radius 1 is 1.29 bits per heavy atom. The molecule has 6 N–H and O–H groups in total. The summed E-state index contributed by atoms with van der Waals surface area (Å²) >= 11 is 0. The second-order valence-corrected chi connectivity index (χ2v) is 0.707. The van der Waals surface area contributed by atoms with Crippen LogP contribution in [0.15, 0.2) is 0 Å². The zero-order chi connectivity index (χ0) is 2.71. The minimum Gasteiger partial charge on any atom is -0.344 e. The van der Waals surface area contributed by atoms with Crippen molar-refractivity contribution in [2.45, 2.75) is 7.43 Å². The number of rotatable bonds is 0. The van der Waals surface area contributed by atoms with E-state index in [1.54, 1.807) is 0 Å². The molecule has 0 aliphatic heterocycles. The van der Waals surface area contributed by atoms with Crippen molar-refractivity contribution in [2.75, 3.05) is 6.06 Å². The molecule has 0 aliphatic carbocycles. The van der Waals surface area contributed by atoms with Gasteiger partial charge in [-0.1, -0.05) is 13.5 Å². The Labute approximate surface area is 52.2 Å². The van der Waals surface area contributed by atoms with Gasteiger partial charge in [0, 0.05) is 8.41 Å². The summed E-state index contributed by atoms with van der Waals surface area (Å²) in [5.74, 6) is 0. The van der Waals surface area contributed by atoms with Crippen LogP contribution in [0.25, 0.3) is 0 Å². The lowest BCUT2D eigenvalue weighted by Crippen LogP contribution is -1.51. The van der Waals surface area contributed by atoms with Crippen LogP contribution < -0.4 is 12.3 Å². The second-order valence-electron chi connectivity index (χ2n) is 0.236. The first-order valence-corrected chi connectivity index (χ1v) is 1.63. The molecule has 0 amide bonds. The van der Waals surface area contributed by atoms with Gasteiger partial charge >= 0.3 is 0 Å². The maximum atomic E-state index is 4.81. The first kappa shape index (κ1) is 51.1. The lowest BCUT2D eigenvalue weighted by Gasteiger charge is -1.47. The molecule has 0 heterocycles. The summed E-state index contributed by atoms with van der Waals surface area (Å²) in [7, 11) is 7.17. The van der Waals surface area contributed by atoms with Gasteiger partial charge in [0.1, 0.15) is 0 Å². The first-order chi connectivity index (χ1) is 1.41. The zero-order valence-corrected chi connectivity index (χ0v) is 5.01. The predicted octanol–water partition coefficient (Wildman–Crippen LogP) is 0.567. The molecule has 0 aliphatic rings. The van der Waals surface area contributed by atoms with Gasteiger partial charge in [0.15, 0.2) is 0 Å². The molecule has 2 nitrogen and oxygen atoms in total. The quantitative estimate of drug-likeness (QED) is 0.361. The summed E-state index contributed by atoms with van der Waals surface area (Å²) in [6, 6.07) is 0.667. The summed E-state index contributed by atoms with van der Waals surface area (Å²) in [5, 5.41) is 0. The van der Waals surface area contributed by atoms with E-state index in [4.69, 9.17) is 7.85 Å². The van der Waals surface area contributed by atoms with E-state index in [1.807, 2.05) is 0 Å². The Balaban J connectivity index is -0.00000000333. The van der Waals surface area contributed by atoms with Crippen molar-refractivity contribution in [3.63, 3.8) is 0 Å². The highest BCUT2D eigenvalue weighted by Crippen LogP contribution is 1.62. The van der Waals surface area contributed by atoms with E-state index in [2.05, 4.69) is 9.24 Å². The predicted molar refractivity (Wildman–Crippen MR) is 42.9 cm³/mol. The molecule has 0 aromatic rings. The fourth-order valence-electron chi connectivity index (χ4n) is 0. The van der Waals surface area contributed by atoms with Crippen LogP contribution in [0.2, 0.25) is 0 Å². The smallest absolute Gasteiger partial charge is 0.0709 e. The summed E-state index contributed by atoms with van der Waals surface area (Å²) in [6.45, 7) is 0. The van der Waals surface area contributed by atoms with Crippen molar-refractivity contribution in [3.8, 4) is 0 Å². The van der Waals surface area contributed by atoms with Gasteiger partial charge in [-0.2, -0.15) is 0 Å². The van der Waals surface area contributed by atoms with Crippen LogP contribution in [-0.4, -0.2) is 22.3 Å². The first-order valence-electron chi connectivity index (χ1n) is 0.816. The molecule has 0 aromatic carbocycles. The van der Waals surface area contributed by atoms with Crippen molar-refractivity contribution in [3.05, 3.63) is 0 Å². The third kappa shape index (κ3) is 565. The Bertz CT molecular complexity index is 13.7. The topological polar surface area (TPSA) is 70.0 Å². The highest BCUT2D eigenvalue weighted by atomic mass is 31.0. The van der Waals surface area contributed by atoms with Crippen molar-refractivity contribution < 1.29 is 0 Å². The molecule has 7 heavy (non-hydrogen) atoms. The van der Waals surface area contributed by atoms with Gasteiger partial charge in [-0.3, -0.25) is 0 Å². The molecular weight excluding hydrogens is 105 g/mol. The van der Waals surface area contributed by atoms with E-state index in [0.717, 1.165) is 0 Å². The minimum atomic E-state index is 0. The Kier molecular flexibility index (Phi) is 648. The van der Waals surface area contributed by atoms with E-state index in [9.17, 15) is 0 Å². The van der Waals surface area contributed by atoms with Crippen LogP contribution in [0, 0.1) is 0 Å². The average molecular weight is 119 g/mol. The summed E-state index contributed by atoms with van der Waals surface area (Å²) in [6.07, 6.45) is 0. The van der Waals surface area contributed by atoms with Crippen LogP contribution in [0.5, 0.6) is 0 Å². The average Bonchev–Trinajstić information content (AvgIpc) is 0.918. The van der Waals surface area contributed by atoms with E-state index in [-0.39, 0.29) is 28.1 Å². The fourth-order valence-corrected chi connectivity index (χ4v) is 0. The molecule has 0 saturated carbocycles. The van der Waals surface area contributed by atoms with Gasteiger partial charge in [0.2, 0.25) is 0 Å². The molecule has 0 bridgehead atoms.